The Hall–Kier alpha value is -3.97. The molecule has 0 saturated carbocycles. The molecule has 3 amide bonds. The molecule has 4 atom stereocenters. The lowest BCUT2D eigenvalue weighted by molar-refractivity contribution is -0.143. The number of aliphatic hydroxyl groups excluding tert-OH is 1. The molecule has 1 heterocycles. The lowest BCUT2D eigenvalue weighted by Crippen LogP contribution is -2.58. The minimum atomic E-state index is -1.48. The van der Waals surface area contributed by atoms with Crippen LogP contribution in [0.15, 0.2) is 30.5 Å². The van der Waals surface area contributed by atoms with Crippen molar-refractivity contribution in [1.82, 2.24) is 20.9 Å². The number of carbonyl (C=O) groups excluding carboxylic acids is 3. The number of hydrogen-bond donors (Lipinski definition) is 8. The van der Waals surface area contributed by atoms with Crippen molar-refractivity contribution in [3.05, 3.63) is 36.0 Å². The molecule has 38 heavy (non-hydrogen) atoms. The van der Waals surface area contributed by atoms with Gasteiger partial charge in [-0.3, -0.25) is 19.2 Å². The molecule has 0 aliphatic rings. The van der Waals surface area contributed by atoms with Crippen molar-refractivity contribution in [3.8, 4) is 0 Å². The average Bonchev–Trinajstić information content (AvgIpc) is 3.26. The molecule has 2 rings (SSSR count). The molecule has 13 heteroatoms. The zero-order chi connectivity index (χ0) is 28.4. The highest BCUT2D eigenvalue weighted by molar-refractivity contribution is 5.94. The van der Waals surface area contributed by atoms with E-state index in [1.54, 1.807) is 20.0 Å². The molecule has 0 fully saturated rings. The van der Waals surface area contributed by atoms with Crippen molar-refractivity contribution in [2.75, 3.05) is 6.61 Å². The van der Waals surface area contributed by atoms with Crippen LogP contribution in [-0.2, 0) is 30.4 Å². The molecule has 13 nitrogen and oxygen atoms in total. The van der Waals surface area contributed by atoms with E-state index in [9.17, 15) is 34.2 Å². The zero-order valence-electron chi connectivity index (χ0n) is 21.3. The van der Waals surface area contributed by atoms with Crippen molar-refractivity contribution < 1.29 is 39.3 Å². The second-order valence-electron chi connectivity index (χ2n) is 9.44. The molecule has 0 radical (unpaired) electrons. The van der Waals surface area contributed by atoms with E-state index < -0.39 is 66.9 Å². The Morgan fingerprint density at radius 2 is 1.53 bits per heavy atom. The first-order chi connectivity index (χ1) is 17.9. The third kappa shape index (κ3) is 8.85. The van der Waals surface area contributed by atoms with Gasteiger partial charge in [-0.2, -0.15) is 0 Å². The monoisotopic (exact) mass is 533 g/mol. The van der Waals surface area contributed by atoms with Crippen LogP contribution in [0, 0.1) is 5.92 Å². The Labute approximate surface area is 219 Å². The predicted octanol–water partition coefficient (Wildman–Crippen LogP) is -0.520. The lowest BCUT2D eigenvalue weighted by atomic mass is 10.0. The van der Waals surface area contributed by atoms with Crippen molar-refractivity contribution in [2.24, 2.45) is 11.7 Å². The van der Waals surface area contributed by atoms with Crippen LogP contribution in [-0.4, -0.2) is 80.7 Å². The number of hydrogen-bond acceptors (Lipinski definition) is 7. The molecular weight excluding hydrogens is 498 g/mol. The van der Waals surface area contributed by atoms with Gasteiger partial charge in [-0.05, 0) is 36.8 Å². The maximum Gasteiger partial charge on any atom is 0.326 e. The zero-order valence-corrected chi connectivity index (χ0v) is 21.3. The fourth-order valence-electron chi connectivity index (χ4n) is 3.88. The SMILES string of the molecule is CC(C)CC(NC(=O)C(CCC(=O)O)NC(=O)C(CO)NC(=O)C(N)Cc1c[nH]c2ccccc12)C(=O)O. The predicted molar refractivity (Wildman–Crippen MR) is 137 cm³/mol. The second-order valence-corrected chi connectivity index (χ2v) is 9.44. The van der Waals surface area contributed by atoms with E-state index >= 15 is 0 Å². The number of aromatic nitrogens is 1. The molecule has 1 aromatic carbocycles. The van der Waals surface area contributed by atoms with E-state index in [0.29, 0.717) is 0 Å². The molecule has 0 spiro atoms. The van der Waals surface area contributed by atoms with Gasteiger partial charge in [0, 0.05) is 23.5 Å². The summed E-state index contributed by atoms with van der Waals surface area (Å²) in [6.07, 6.45) is 1.15. The highest BCUT2D eigenvalue weighted by atomic mass is 16.4. The molecule has 1 aromatic heterocycles. The molecule has 9 N–H and O–H groups in total. The minimum absolute atomic E-state index is 0.0640. The fourth-order valence-corrected chi connectivity index (χ4v) is 3.88. The summed E-state index contributed by atoms with van der Waals surface area (Å²) in [5.41, 5.74) is 7.68. The quantitative estimate of drug-likeness (QED) is 0.147. The van der Waals surface area contributed by atoms with E-state index in [4.69, 9.17) is 10.8 Å². The standard InChI is InChI=1S/C25H35N5O8/c1-13(2)9-19(25(37)38)29-23(35)18(7-8-21(32)33)28-24(36)20(12-31)30-22(34)16(26)10-14-11-27-17-6-4-3-5-15(14)17/h3-6,11,13,16,18-20,27,31H,7-10,12,26H2,1-2H3,(H,28,36)(H,29,35)(H,30,34)(H,32,33)(H,37,38). The molecule has 0 bridgehead atoms. The molecule has 0 aliphatic carbocycles. The third-order valence-electron chi connectivity index (χ3n) is 5.87. The number of amides is 3. The number of carboxylic acid groups (broad SMARTS) is 2. The number of nitrogens with one attached hydrogen (secondary N) is 4. The number of nitrogens with two attached hydrogens (primary N) is 1. The van der Waals surface area contributed by atoms with Crippen molar-refractivity contribution >= 4 is 40.6 Å². The number of benzene rings is 1. The van der Waals surface area contributed by atoms with Gasteiger partial charge in [0.2, 0.25) is 17.7 Å². The number of aromatic amines is 1. The number of para-hydroxylation sites is 1. The van der Waals surface area contributed by atoms with E-state index in [1.807, 2.05) is 24.3 Å². The number of carbonyl (C=O) groups is 5. The topological polar surface area (TPSA) is 224 Å². The van der Waals surface area contributed by atoms with Gasteiger partial charge in [-0.15, -0.1) is 0 Å². The van der Waals surface area contributed by atoms with Gasteiger partial charge in [0.05, 0.1) is 12.6 Å². The summed E-state index contributed by atoms with van der Waals surface area (Å²) in [7, 11) is 0. The highest BCUT2D eigenvalue weighted by Crippen LogP contribution is 2.18. The van der Waals surface area contributed by atoms with Gasteiger partial charge >= 0.3 is 11.9 Å². The molecule has 208 valence electrons. The van der Waals surface area contributed by atoms with Gasteiger partial charge in [-0.1, -0.05) is 32.0 Å². The van der Waals surface area contributed by atoms with E-state index in [2.05, 4.69) is 20.9 Å². The summed E-state index contributed by atoms with van der Waals surface area (Å²) in [6, 6.07) is 2.23. The number of carboxylic acids is 2. The summed E-state index contributed by atoms with van der Waals surface area (Å²) in [5.74, 6) is -5.15. The van der Waals surface area contributed by atoms with E-state index in [1.165, 1.54) is 0 Å². The van der Waals surface area contributed by atoms with Crippen LogP contribution >= 0.6 is 0 Å². The smallest absolute Gasteiger partial charge is 0.326 e. The summed E-state index contributed by atoms with van der Waals surface area (Å²) in [6.45, 7) is 2.71. The largest absolute Gasteiger partial charge is 0.481 e. The van der Waals surface area contributed by atoms with Crippen LogP contribution in [0.5, 0.6) is 0 Å². The molecular formula is C25H35N5O8. The summed E-state index contributed by atoms with van der Waals surface area (Å²) in [5, 5.41) is 36.0. The average molecular weight is 534 g/mol. The van der Waals surface area contributed by atoms with Gasteiger partial charge in [0.15, 0.2) is 0 Å². The highest BCUT2D eigenvalue weighted by Gasteiger charge is 2.30. The number of H-pyrrole nitrogens is 1. The molecule has 0 saturated heterocycles. The third-order valence-corrected chi connectivity index (χ3v) is 5.87. The summed E-state index contributed by atoms with van der Waals surface area (Å²) in [4.78, 5) is 63.9. The first kappa shape index (κ1) is 30.3. The normalized spacial score (nSPS) is 14.3. The summed E-state index contributed by atoms with van der Waals surface area (Å²) >= 11 is 0. The number of fused-ring (bicyclic) bond motifs is 1. The van der Waals surface area contributed by atoms with Crippen molar-refractivity contribution in [2.45, 2.75) is 63.7 Å². The lowest BCUT2D eigenvalue weighted by Gasteiger charge is -2.24. The number of rotatable bonds is 15. The van der Waals surface area contributed by atoms with Crippen LogP contribution in [0.2, 0.25) is 0 Å². The Morgan fingerprint density at radius 3 is 2.13 bits per heavy atom. The minimum Gasteiger partial charge on any atom is -0.481 e. The maximum absolute atomic E-state index is 12.8. The Bertz CT molecular complexity index is 1150. The van der Waals surface area contributed by atoms with Crippen molar-refractivity contribution in [1.29, 1.82) is 0 Å². The molecule has 0 aliphatic heterocycles. The second kappa shape index (κ2) is 14.1. The van der Waals surface area contributed by atoms with Crippen LogP contribution in [0.3, 0.4) is 0 Å². The van der Waals surface area contributed by atoms with Crippen LogP contribution in [0.1, 0.15) is 38.7 Å². The first-order valence-electron chi connectivity index (χ1n) is 12.2. The van der Waals surface area contributed by atoms with Crippen molar-refractivity contribution in [3.63, 3.8) is 0 Å². The number of aliphatic hydroxyl groups is 1. The van der Waals surface area contributed by atoms with Gasteiger partial charge < -0.3 is 42.0 Å². The Kier molecular flexibility index (Phi) is 11.2. The van der Waals surface area contributed by atoms with Crippen LogP contribution in [0.25, 0.3) is 10.9 Å². The molecule has 4 unspecified atom stereocenters. The first-order valence-corrected chi connectivity index (χ1v) is 12.2. The fraction of sp³-hybridized carbons (Fsp3) is 0.480. The van der Waals surface area contributed by atoms with Crippen LogP contribution < -0.4 is 21.7 Å². The van der Waals surface area contributed by atoms with Gasteiger partial charge in [-0.25, -0.2) is 4.79 Å². The van der Waals surface area contributed by atoms with Crippen LogP contribution in [0.4, 0.5) is 0 Å². The summed E-state index contributed by atoms with van der Waals surface area (Å²) < 4.78 is 0. The maximum atomic E-state index is 12.8. The van der Waals surface area contributed by atoms with E-state index in [0.717, 1.165) is 16.5 Å². The molecule has 2 aromatic rings. The van der Waals surface area contributed by atoms with E-state index in [-0.39, 0.29) is 25.2 Å². The Balaban J connectivity index is 2.06. The van der Waals surface area contributed by atoms with Gasteiger partial charge in [0.25, 0.3) is 0 Å². The van der Waals surface area contributed by atoms with Gasteiger partial charge in [0.1, 0.15) is 18.1 Å². The number of aliphatic carboxylic acids is 2. The Morgan fingerprint density at radius 1 is 0.921 bits per heavy atom.